The zero-order chi connectivity index (χ0) is 12.1. The first-order valence-corrected chi connectivity index (χ1v) is 6.81. The Hall–Kier alpha value is -0.390. The smallest absolute Gasteiger partial charge is 0.323 e. The Morgan fingerprint density at radius 2 is 2.38 bits per heavy atom. The highest BCUT2D eigenvalue weighted by Gasteiger charge is 2.19. The maximum atomic E-state index is 11.5. The molecule has 0 fully saturated rings. The zero-order valence-corrected chi connectivity index (χ0v) is 12.1. The molecule has 1 unspecified atom stereocenters. The monoisotopic (exact) mass is 305 g/mol. The number of esters is 1. The summed E-state index contributed by atoms with van der Waals surface area (Å²) in [6, 6.07) is 1.86. The van der Waals surface area contributed by atoms with Crippen molar-refractivity contribution in [3.63, 3.8) is 0 Å². The molecule has 90 valence electrons. The average Bonchev–Trinajstić information content (AvgIpc) is 2.63. The highest BCUT2D eigenvalue weighted by Crippen LogP contribution is 2.21. The third kappa shape index (κ3) is 3.88. The number of halogens is 1. The van der Waals surface area contributed by atoms with Gasteiger partial charge < -0.3 is 4.74 Å². The van der Waals surface area contributed by atoms with Crippen LogP contribution in [0.2, 0.25) is 0 Å². The van der Waals surface area contributed by atoms with Gasteiger partial charge in [-0.05, 0) is 42.9 Å². The Labute approximate surface area is 109 Å². The number of likely N-dealkylation sites (N-methyl/N-ethyl adjacent to an activating group) is 1. The second-order valence-corrected chi connectivity index (χ2v) is 5.49. The van der Waals surface area contributed by atoms with Crippen molar-refractivity contribution in [3.8, 4) is 0 Å². The van der Waals surface area contributed by atoms with E-state index in [1.807, 2.05) is 31.2 Å². The molecule has 0 aromatic carbocycles. The lowest BCUT2D eigenvalue weighted by molar-refractivity contribution is -0.148. The van der Waals surface area contributed by atoms with Crippen LogP contribution in [0.1, 0.15) is 18.7 Å². The number of ether oxygens (including phenoxy) is 1. The van der Waals surface area contributed by atoms with Crippen LogP contribution in [0.5, 0.6) is 0 Å². The van der Waals surface area contributed by atoms with Crippen molar-refractivity contribution in [2.24, 2.45) is 0 Å². The second-order valence-electron chi connectivity index (χ2n) is 3.57. The van der Waals surface area contributed by atoms with Gasteiger partial charge in [-0.25, -0.2) is 0 Å². The van der Waals surface area contributed by atoms with Crippen LogP contribution < -0.4 is 0 Å². The van der Waals surface area contributed by atoms with E-state index < -0.39 is 0 Å². The van der Waals surface area contributed by atoms with E-state index in [2.05, 4.69) is 22.0 Å². The van der Waals surface area contributed by atoms with Crippen molar-refractivity contribution in [3.05, 3.63) is 20.8 Å². The molecule has 0 spiro atoms. The summed E-state index contributed by atoms with van der Waals surface area (Å²) in [6.45, 7) is 4.87. The lowest BCUT2D eigenvalue weighted by Gasteiger charge is -2.22. The molecule has 0 radical (unpaired) electrons. The van der Waals surface area contributed by atoms with Gasteiger partial charge in [0.1, 0.15) is 6.04 Å². The van der Waals surface area contributed by atoms with Gasteiger partial charge in [-0.1, -0.05) is 0 Å². The SMILES string of the molecule is CCOC(=O)C(C)N(C)Cc1cc(Br)cs1. The van der Waals surface area contributed by atoms with Gasteiger partial charge in [0.15, 0.2) is 0 Å². The summed E-state index contributed by atoms with van der Waals surface area (Å²) in [6.07, 6.45) is 0. The second kappa shape index (κ2) is 6.37. The fraction of sp³-hybridized carbons (Fsp3) is 0.545. The molecular formula is C11H16BrNO2S. The van der Waals surface area contributed by atoms with Crippen molar-refractivity contribution in [2.45, 2.75) is 26.4 Å². The van der Waals surface area contributed by atoms with Gasteiger partial charge in [0.25, 0.3) is 0 Å². The van der Waals surface area contributed by atoms with E-state index in [-0.39, 0.29) is 12.0 Å². The Morgan fingerprint density at radius 3 is 2.88 bits per heavy atom. The average molecular weight is 306 g/mol. The number of carbonyl (C=O) groups is 1. The quantitative estimate of drug-likeness (QED) is 0.784. The molecule has 5 heteroatoms. The normalized spacial score (nSPS) is 12.8. The van der Waals surface area contributed by atoms with E-state index in [4.69, 9.17) is 4.74 Å². The van der Waals surface area contributed by atoms with Gasteiger partial charge in [-0.15, -0.1) is 11.3 Å². The van der Waals surface area contributed by atoms with Crippen LogP contribution in [0.25, 0.3) is 0 Å². The first-order valence-electron chi connectivity index (χ1n) is 5.14. The van der Waals surface area contributed by atoms with E-state index in [0.717, 1.165) is 11.0 Å². The lowest BCUT2D eigenvalue weighted by atomic mass is 10.3. The molecule has 1 aromatic rings. The van der Waals surface area contributed by atoms with Crippen molar-refractivity contribution < 1.29 is 9.53 Å². The van der Waals surface area contributed by atoms with Gasteiger partial charge in [0.2, 0.25) is 0 Å². The van der Waals surface area contributed by atoms with Crippen LogP contribution in [0.4, 0.5) is 0 Å². The molecule has 0 saturated carbocycles. The highest BCUT2D eigenvalue weighted by atomic mass is 79.9. The van der Waals surface area contributed by atoms with Crippen molar-refractivity contribution >= 4 is 33.2 Å². The summed E-state index contributed by atoms with van der Waals surface area (Å²) in [4.78, 5) is 14.7. The fourth-order valence-electron chi connectivity index (χ4n) is 1.26. The molecule has 0 aliphatic heterocycles. The van der Waals surface area contributed by atoms with Crippen molar-refractivity contribution in [2.75, 3.05) is 13.7 Å². The maximum absolute atomic E-state index is 11.5. The Balaban J connectivity index is 2.51. The van der Waals surface area contributed by atoms with Crippen molar-refractivity contribution in [1.82, 2.24) is 4.90 Å². The summed E-state index contributed by atoms with van der Waals surface area (Å²) >= 11 is 5.09. The standard InChI is InChI=1S/C11H16BrNO2S/c1-4-15-11(14)8(2)13(3)6-10-5-9(12)7-16-10/h5,7-8H,4,6H2,1-3H3. The molecule has 0 aliphatic rings. The molecule has 16 heavy (non-hydrogen) atoms. The van der Waals surface area contributed by atoms with E-state index in [9.17, 15) is 4.79 Å². The first kappa shape index (κ1) is 13.7. The first-order chi connectivity index (χ1) is 7.54. The van der Waals surface area contributed by atoms with Gasteiger partial charge in [0.05, 0.1) is 6.61 Å². The molecule has 1 heterocycles. The number of hydrogen-bond acceptors (Lipinski definition) is 4. The highest BCUT2D eigenvalue weighted by molar-refractivity contribution is 9.10. The minimum Gasteiger partial charge on any atom is -0.465 e. The summed E-state index contributed by atoms with van der Waals surface area (Å²) in [5, 5.41) is 2.04. The lowest BCUT2D eigenvalue weighted by Crippen LogP contribution is -2.36. The summed E-state index contributed by atoms with van der Waals surface area (Å²) < 4.78 is 6.07. The molecule has 1 atom stereocenters. The van der Waals surface area contributed by atoms with E-state index in [1.54, 1.807) is 11.3 Å². The van der Waals surface area contributed by atoms with Crippen LogP contribution in [-0.4, -0.2) is 30.6 Å². The third-order valence-electron chi connectivity index (χ3n) is 2.32. The predicted molar refractivity (Wildman–Crippen MR) is 69.6 cm³/mol. The van der Waals surface area contributed by atoms with E-state index in [1.165, 1.54) is 4.88 Å². The molecule has 0 N–H and O–H groups in total. The fourth-order valence-corrected chi connectivity index (χ4v) is 2.78. The predicted octanol–water partition coefficient (Wildman–Crippen LogP) is 2.89. The molecule has 0 amide bonds. The number of hydrogen-bond donors (Lipinski definition) is 0. The van der Waals surface area contributed by atoms with Gasteiger partial charge in [-0.3, -0.25) is 9.69 Å². The minimum atomic E-state index is -0.208. The summed E-state index contributed by atoms with van der Waals surface area (Å²) in [5.41, 5.74) is 0. The van der Waals surface area contributed by atoms with Gasteiger partial charge in [-0.2, -0.15) is 0 Å². The van der Waals surface area contributed by atoms with Gasteiger partial charge in [0, 0.05) is 21.3 Å². The topological polar surface area (TPSA) is 29.5 Å². The summed E-state index contributed by atoms with van der Waals surface area (Å²) in [5.74, 6) is -0.166. The van der Waals surface area contributed by atoms with E-state index in [0.29, 0.717) is 6.61 Å². The Bertz CT molecular complexity index is 354. The summed E-state index contributed by atoms with van der Waals surface area (Å²) in [7, 11) is 1.93. The molecule has 0 bridgehead atoms. The van der Waals surface area contributed by atoms with Crippen LogP contribution in [0.3, 0.4) is 0 Å². The number of thiophene rings is 1. The van der Waals surface area contributed by atoms with Crippen LogP contribution >= 0.6 is 27.3 Å². The number of carbonyl (C=O) groups excluding carboxylic acids is 1. The molecule has 3 nitrogen and oxygen atoms in total. The van der Waals surface area contributed by atoms with Gasteiger partial charge >= 0.3 is 5.97 Å². The zero-order valence-electron chi connectivity index (χ0n) is 9.70. The molecule has 1 rings (SSSR count). The molecule has 0 aliphatic carbocycles. The van der Waals surface area contributed by atoms with Crippen LogP contribution in [-0.2, 0) is 16.1 Å². The number of nitrogens with zero attached hydrogens (tertiary/aromatic N) is 1. The third-order valence-corrected chi connectivity index (χ3v) is 4.00. The maximum Gasteiger partial charge on any atom is 0.323 e. The Morgan fingerprint density at radius 1 is 1.69 bits per heavy atom. The van der Waals surface area contributed by atoms with Crippen LogP contribution in [0.15, 0.2) is 15.9 Å². The van der Waals surface area contributed by atoms with Crippen molar-refractivity contribution in [1.29, 1.82) is 0 Å². The minimum absolute atomic E-state index is 0.166. The molecular weight excluding hydrogens is 290 g/mol. The Kier molecular flexibility index (Phi) is 5.44. The van der Waals surface area contributed by atoms with Crippen LogP contribution in [0, 0.1) is 0 Å². The number of rotatable bonds is 5. The van der Waals surface area contributed by atoms with E-state index >= 15 is 0 Å². The molecule has 1 aromatic heterocycles. The molecule has 0 saturated heterocycles. The largest absolute Gasteiger partial charge is 0.465 e.